The molecular formula is C20H21N3OS2. The fourth-order valence-electron chi connectivity index (χ4n) is 2.54. The van der Waals surface area contributed by atoms with Gasteiger partial charge < -0.3 is 4.90 Å². The van der Waals surface area contributed by atoms with Crippen molar-refractivity contribution in [2.75, 3.05) is 19.8 Å². The number of rotatable bonds is 6. The molecule has 2 aromatic carbocycles. The molecule has 0 aliphatic heterocycles. The number of thioether (sulfide) groups is 1. The lowest BCUT2D eigenvalue weighted by atomic mass is 10.0. The number of ketones is 1. The van der Waals surface area contributed by atoms with Gasteiger partial charge in [-0.2, -0.15) is 0 Å². The van der Waals surface area contributed by atoms with Gasteiger partial charge in [0.2, 0.25) is 0 Å². The molecule has 26 heavy (non-hydrogen) atoms. The molecule has 3 aromatic rings. The summed E-state index contributed by atoms with van der Waals surface area (Å²) in [5.74, 6) is 0.512. The largest absolute Gasteiger partial charge is 0.369 e. The second kappa shape index (κ2) is 8.01. The number of thiazole rings is 1. The molecule has 0 spiro atoms. The third kappa shape index (κ3) is 4.31. The molecular weight excluding hydrogens is 362 g/mol. The van der Waals surface area contributed by atoms with Crippen LogP contribution < -0.4 is 0 Å². The lowest BCUT2D eigenvalue weighted by molar-refractivity contribution is 0.102. The lowest BCUT2D eigenvalue weighted by Crippen LogP contribution is -2.08. The normalized spacial score (nSPS) is 11.4. The van der Waals surface area contributed by atoms with Crippen molar-refractivity contribution in [3.63, 3.8) is 0 Å². The van der Waals surface area contributed by atoms with E-state index in [2.05, 4.69) is 16.0 Å². The molecule has 0 radical (unpaired) electrons. The number of para-hydroxylation sites is 1. The van der Waals surface area contributed by atoms with Crippen LogP contribution in [-0.2, 0) is 0 Å². The summed E-state index contributed by atoms with van der Waals surface area (Å²) in [6.07, 6.45) is 1.77. The van der Waals surface area contributed by atoms with Crippen molar-refractivity contribution in [1.82, 2.24) is 9.88 Å². The first kappa shape index (κ1) is 18.6. The van der Waals surface area contributed by atoms with E-state index in [4.69, 9.17) is 0 Å². The number of fused-ring (bicyclic) bond motifs is 1. The first-order valence-corrected chi connectivity index (χ1v) is 10.1. The number of hydrogen-bond donors (Lipinski definition) is 0. The average Bonchev–Trinajstić information content (AvgIpc) is 3.03. The molecule has 0 unspecified atom stereocenters. The zero-order valence-electron chi connectivity index (χ0n) is 15.3. The Morgan fingerprint density at radius 2 is 2.00 bits per heavy atom. The van der Waals surface area contributed by atoms with Crippen molar-refractivity contribution in [2.24, 2.45) is 4.99 Å². The van der Waals surface area contributed by atoms with Crippen LogP contribution in [0.2, 0.25) is 0 Å². The van der Waals surface area contributed by atoms with Crippen LogP contribution in [0, 0.1) is 13.8 Å². The van der Waals surface area contributed by atoms with Gasteiger partial charge >= 0.3 is 0 Å². The van der Waals surface area contributed by atoms with Gasteiger partial charge in [-0.05, 0) is 49.2 Å². The van der Waals surface area contributed by atoms with E-state index >= 15 is 0 Å². The maximum absolute atomic E-state index is 12.7. The Bertz CT molecular complexity index is 943. The number of aromatic nitrogens is 1. The molecule has 0 bridgehead atoms. The summed E-state index contributed by atoms with van der Waals surface area (Å²) >= 11 is 3.13. The van der Waals surface area contributed by atoms with Crippen molar-refractivity contribution in [3.05, 3.63) is 53.1 Å². The second-order valence-corrected chi connectivity index (χ2v) is 8.57. The topological polar surface area (TPSA) is 45.6 Å². The maximum atomic E-state index is 12.7. The molecule has 1 aromatic heterocycles. The standard InChI is InChI=1S/C20H21N3OS2/c1-13-10-17(21-12-23(3)4)14(2)9-15(13)18(24)11-25-20-22-16-7-5-6-8-19(16)26-20/h5-10,12H,11H2,1-4H3. The second-order valence-electron chi connectivity index (χ2n) is 6.32. The zero-order valence-corrected chi connectivity index (χ0v) is 16.9. The van der Waals surface area contributed by atoms with Gasteiger partial charge in [-0.15, -0.1) is 11.3 Å². The van der Waals surface area contributed by atoms with E-state index in [9.17, 15) is 4.79 Å². The van der Waals surface area contributed by atoms with Crippen LogP contribution in [0.4, 0.5) is 5.69 Å². The van der Waals surface area contributed by atoms with Gasteiger partial charge in [-0.3, -0.25) is 4.79 Å². The summed E-state index contributed by atoms with van der Waals surface area (Å²) < 4.78 is 2.08. The van der Waals surface area contributed by atoms with Crippen LogP contribution in [0.1, 0.15) is 21.5 Å². The molecule has 1 heterocycles. The fraction of sp³-hybridized carbons (Fsp3) is 0.250. The lowest BCUT2D eigenvalue weighted by Gasteiger charge is -2.09. The number of aryl methyl sites for hydroxylation is 2. The molecule has 0 saturated heterocycles. The highest BCUT2D eigenvalue weighted by atomic mass is 32.2. The van der Waals surface area contributed by atoms with Gasteiger partial charge in [-0.1, -0.05) is 23.9 Å². The summed E-state index contributed by atoms with van der Waals surface area (Å²) in [7, 11) is 3.87. The zero-order chi connectivity index (χ0) is 18.7. The van der Waals surface area contributed by atoms with Crippen LogP contribution in [-0.4, -0.2) is 41.9 Å². The smallest absolute Gasteiger partial charge is 0.173 e. The molecule has 0 fully saturated rings. The Morgan fingerprint density at radius 3 is 2.73 bits per heavy atom. The number of nitrogens with zero attached hydrogens (tertiary/aromatic N) is 3. The van der Waals surface area contributed by atoms with Crippen molar-refractivity contribution in [3.8, 4) is 0 Å². The summed E-state index contributed by atoms with van der Waals surface area (Å²) in [4.78, 5) is 23.6. The Labute approximate surface area is 162 Å². The fourth-order valence-corrected chi connectivity index (χ4v) is 4.49. The van der Waals surface area contributed by atoms with Gasteiger partial charge in [-0.25, -0.2) is 9.98 Å². The van der Waals surface area contributed by atoms with E-state index in [0.29, 0.717) is 5.75 Å². The minimum Gasteiger partial charge on any atom is -0.369 e. The van der Waals surface area contributed by atoms with Crippen LogP contribution in [0.5, 0.6) is 0 Å². The van der Waals surface area contributed by atoms with Gasteiger partial charge in [0.25, 0.3) is 0 Å². The van der Waals surface area contributed by atoms with E-state index < -0.39 is 0 Å². The maximum Gasteiger partial charge on any atom is 0.173 e. The van der Waals surface area contributed by atoms with Crippen LogP contribution in [0.15, 0.2) is 45.7 Å². The first-order valence-electron chi connectivity index (χ1n) is 8.27. The van der Waals surface area contributed by atoms with E-state index in [-0.39, 0.29) is 5.78 Å². The van der Waals surface area contributed by atoms with Crippen molar-refractivity contribution < 1.29 is 4.79 Å². The Hall–Kier alpha value is -2.18. The molecule has 0 amide bonds. The van der Waals surface area contributed by atoms with E-state index in [1.807, 2.05) is 63.2 Å². The third-order valence-electron chi connectivity index (χ3n) is 3.87. The van der Waals surface area contributed by atoms with Crippen molar-refractivity contribution >= 4 is 51.1 Å². The van der Waals surface area contributed by atoms with Crippen molar-refractivity contribution in [2.45, 2.75) is 18.2 Å². The number of hydrogen-bond acceptors (Lipinski definition) is 5. The number of carbonyl (C=O) groups is 1. The quantitative estimate of drug-likeness (QED) is 0.257. The summed E-state index contributed by atoms with van der Waals surface area (Å²) in [5.41, 5.74) is 4.60. The minimum atomic E-state index is 0.123. The number of benzene rings is 2. The molecule has 0 aliphatic carbocycles. The number of carbonyl (C=O) groups excluding carboxylic acids is 1. The van der Waals surface area contributed by atoms with E-state index in [1.165, 1.54) is 11.8 Å². The predicted octanol–water partition coefficient (Wildman–Crippen LogP) is 5.11. The number of Topliss-reactive ketones (excluding diaryl/α,β-unsaturated/α-hetero) is 1. The summed E-state index contributed by atoms with van der Waals surface area (Å²) in [6, 6.07) is 12.0. The summed E-state index contributed by atoms with van der Waals surface area (Å²) in [5, 5.41) is 0. The molecule has 0 aliphatic rings. The van der Waals surface area contributed by atoms with Gasteiger partial charge in [0.05, 0.1) is 28.0 Å². The Morgan fingerprint density at radius 1 is 1.23 bits per heavy atom. The molecule has 0 atom stereocenters. The molecule has 6 heteroatoms. The Kier molecular flexibility index (Phi) is 5.74. The van der Waals surface area contributed by atoms with Gasteiger partial charge in [0, 0.05) is 19.7 Å². The highest BCUT2D eigenvalue weighted by Gasteiger charge is 2.13. The minimum absolute atomic E-state index is 0.123. The van der Waals surface area contributed by atoms with Crippen LogP contribution in [0.3, 0.4) is 0 Å². The van der Waals surface area contributed by atoms with E-state index in [1.54, 1.807) is 17.7 Å². The predicted molar refractivity (Wildman–Crippen MR) is 112 cm³/mol. The molecule has 134 valence electrons. The molecule has 0 saturated carbocycles. The first-order chi connectivity index (χ1) is 12.4. The van der Waals surface area contributed by atoms with Gasteiger partial charge in [0.15, 0.2) is 10.1 Å². The Balaban J connectivity index is 1.74. The van der Waals surface area contributed by atoms with Crippen LogP contribution >= 0.6 is 23.1 Å². The summed E-state index contributed by atoms with van der Waals surface area (Å²) in [6.45, 7) is 3.95. The molecule has 4 nitrogen and oxygen atoms in total. The highest BCUT2D eigenvalue weighted by Crippen LogP contribution is 2.30. The molecule has 3 rings (SSSR count). The van der Waals surface area contributed by atoms with Crippen LogP contribution in [0.25, 0.3) is 10.2 Å². The van der Waals surface area contributed by atoms with Gasteiger partial charge in [0.1, 0.15) is 0 Å². The SMILES string of the molecule is Cc1cc(C(=O)CSc2nc3ccccc3s2)c(C)cc1N=CN(C)C. The van der Waals surface area contributed by atoms with Crippen molar-refractivity contribution in [1.29, 1.82) is 0 Å². The average molecular weight is 384 g/mol. The number of aliphatic imine (C=N–C) groups is 1. The third-order valence-corrected chi connectivity index (χ3v) is 6.05. The molecule has 0 N–H and O–H groups in total. The highest BCUT2D eigenvalue weighted by molar-refractivity contribution is 8.01. The monoisotopic (exact) mass is 383 g/mol. The van der Waals surface area contributed by atoms with E-state index in [0.717, 1.165) is 36.9 Å².